The summed E-state index contributed by atoms with van der Waals surface area (Å²) in [6.45, 7) is 5.69. The normalized spacial score (nSPS) is 13.4. The van der Waals surface area contributed by atoms with Crippen LogP contribution < -0.4 is 10.3 Å². The van der Waals surface area contributed by atoms with E-state index in [2.05, 4.69) is 19.3 Å². The molecule has 0 radical (unpaired) electrons. The summed E-state index contributed by atoms with van der Waals surface area (Å²) in [5, 5.41) is 0. The van der Waals surface area contributed by atoms with Crippen molar-refractivity contribution in [2.24, 2.45) is 11.8 Å². The fourth-order valence-corrected chi connectivity index (χ4v) is 2.47. The summed E-state index contributed by atoms with van der Waals surface area (Å²) in [6, 6.07) is 6.67. The lowest BCUT2D eigenvalue weighted by molar-refractivity contribution is -0.132. The van der Waals surface area contributed by atoms with Gasteiger partial charge in [0.05, 0.1) is 0 Å². The van der Waals surface area contributed by atoms with E-state index in [1.54, 1.807) is 24.3 Å². The van der Waals surface area contributed by atoms with Crippen molar-refractivity contribution in [1.82, 2.24) is 5.48 Å². The predicted molar refractivity (Wildman–Crippen MR) is 91.7 cm³/mol. The minimum Gasteiger partial charge on any atom is -0.380 e. The first kappa shape index (κ1) is 19.5. The molecule has 0 saturated heterocycles. The highest BCUT2D eigenvalue weighted by Gasteiger charge is 2.20. The van der Waals surface area contributed by atoms with Gasteiger partial charge in [-0.2, -0.15) is 5.48 Å². The molecule has 3 nitrogen and oxygen atoms in total. The van der Waals surface area contributed by atoms with Crippen LogP contribution >= 0.6 is 0 Å². The molecule has 130 valence electrons. The zero-order chi connectivity index (χ0) is 17.1. The Hall–Kier alpha value is -1.58. The predicted octanol–water partition coefficient (Wildman–Crippen LogP) is 5.20. The number of carbonyl (C=O) groups is 1. The van der Waals surface area contributed by atoms with E-state index in [-0.39, 0.29) is 11.8 Å². The van der Waals surface area contributed by atoms with Gasteiger partial charge in [0.1, 0.15) is 6.67 Å². The quantitative estimate of drug-likeness (QED) is 0.449. The van der Waals surface area contributed by atoms with Gasteiger partial charge in [-0.15, -0.1) is 0 Å². The molecule has 2 unspecified atom stereocenters. The van der Waals surface area contributed by atoms with E-state index in [0.29, 0.717) is 17.2 Å². The maximum absolute atomic E-state index is 12.6. The van der Waals surface area contributed by atoms with E-state index in [9.17, 15) is 9.18 Å². The fourth-order valence-electron chi connectivity index (χ4n) is 2.47. The molecule has 1 rings (SSSR count). The van der Waals surface area contributed by atoms with Gasteiger partial charge in [-0.3, -0.25) is 4.79 Å². The van der Waals surface area contributed by atoms with Crippen molar-refractivity contribution >= 4 is 5.91 Å². The third kappa shape index (κ3) is 7.49. The first-order valence-electron chi connectivity index (χ1n) is 8.70. The van der Waals surface area contributed by atoms with Gasteiger partial charge in [0.2, 0.25) is 0 Å². The SMILES string of the molecule is CCCCCCCC(C)C(C)C(=O)NOc1cccc(CF)c1. The molecule has 0 aliphatic heterocycles. The lowest BCUT2D eigenvalue weighted by Gasteiger charge is -2.19. The maximum Gasteiger partial charge on any atom is 0.255 e. The molecule has 0 saturated carbocycles. The first-order chi connectivity index (χ1) is 11.1. The van der Waals surface area contributed by atoms with Crippen LogP contribution in [0.5, 0.6) is 5.75 Å². The average molecular weight is 323 g/mol. The maximum atomic E-state index is 12.6. The monoisotopic (exact) mass is 323 g/mol. The van der Waals surface area contributed by atoms with Crippen molar-refractivity contribution in [2.45, 2.75) is 66.0 Å². The van der Waals surface area contributed by atoms with Crippen LogP contribution in [0.3, 0.4) is 0 Å². The second-order valence-corrected chi connectivity index (χ2v) is 6.32. The molecule has 0 heterocycles. The lowest BCUT2D eigenvalue weighted by Crippen LogP contribution is -2.34. The molecule has 1 N–H and O–H groups in total. The highest BCUT2D eigenvalue weighted by Crippen LogP contribution is 2.20. The van der Waals surface area contributed by atoms with Gasteiger partial charge in [0, 0.05) is 5.92 Å². The summed E-state index contributed by atoms with van der Waals surface area (Å²) in [7, 11) is 0. The number of rotatable bonds is 11. The van der Waals surface area contributed by atoms with Crippen molar-refractivity contribution in [3.8, 4) is 5.75 Å². The Morgan fingerprint density at radius 1 is 1.22 bits per heavy atom. The largest absolute Gasteiger partial charge is 0.380 e. The van der Waals surface area contributed by atoms with Crippen molar-refractivity contribution in [3.63, 3.8) is 0 Å². The molecule has 0 bridgehead atoms. The van der Waals surface area contributed by atoms with E-state index in [1.165, 1.54) is 25.7 Å². The summed E-state index contributed by atoms with van der Waals surface area (Å²) >= 11 is 0. The Morgan fingerprint density at radius 3 is 2.65 bits per heavy atom. The molecule has 23 heavy (non-hydrogen) atoms. The van der Waals surface area contributed by atoms with Gasteiger partial charge < -0.3 is 4.84 Å². The van der Waals surface area contributed by atoms with Gasteiger partial charge in [0.25, 0.3) is 5.91 Å². The molecule has 1 aromatic carbocycles. The first-order valence-corrected chi connectivity index (χ1v) is 8.70. The highest BCUT2D eigenvalue weighted by molar-refractivity contribution is 5.77. The molecule has 0 fully saturated rings. The molecule has 4 heteroatoms. The molecule has 0 aliphatic carbocycles. The second-order valence-electron chi connectivity index (χ2n) is 6.32. The number of halogens is 1. The Labute approximate surface area is 139 Å². The number of nitrogens with one attached hydrogen (secondary N) is 1. The smallest absolute Gasteiger partial charge is 0.255 e. The zero-order valence-electron chi connectivity index (χ0n) is 14.6. The number of carbonyl (C=O) groups excluding carboxylic acids is 1. The molecule has 0 spiro atoms. The molecule has 0 aliphatic rings. The minimum absolute atomic E-state index is 0.106. The Bertz CT molecular complexity index is 464. The lowest BCUT2D eigenvalue weighted by atomic mass is 9.90. The summed E-state index contributed by atoms with van der Waals surface area (Å²) in [4.78, 5) is 17.4. The van der Waals surface area contributed by atoms with Crippen molar-refractivity contribution in [2.75, 3.05) is 0 Å². The molecule has 0 aromatic heterocycles. The van der Waals surface area contributed by atoms with Crippen molar-refractivity contribution in [3.05, 3.63) is 29.8 Å². The summed E-state index contributed by atoms with van der Waals surface area (Å²) < 4.78 is 12.6. The van der Waals surface area contributed by atoms with Crippen LogP contribution in [0.25, 0.3) is 0 Å². The number of alkyl halides is 1. The topological polar surface area (TPSA) is 38.3 Å². The van der Waals surface area contributed by atoms with Gasteiger partial charge in [-0.05, 0) is 30.0 Å². The summed E-state index contributed by atoms with van der Waals surface area (Å²) in [6.07, 6.45) is 7.26. The van der Waals surface area contributed by atoms with Crippen molar-refractivity contribution < 1.29 is 14.0 Å². The second kappa shape index (κ2) is 11.0. The number of unbranched alkanes of at least 4 members (excludes halogenated alkanes) is 4. The van der Waals surface area contributed by atoms with E-state index >= 15 is 0 Å². The van der Waals surface area contributed by atoms with Crippen LogP contribution in [-0.4, -0.2) is 5.91 Å². The number of hydrogen-bond donors (Lipinski definition) is 1. The molecular weight excluding hydrogens is 293 g/mol. The van der Waals surface area contributed by atoms with E-state index in [1.807, 2.05) is 6.92 Å². The zero-order valence-corrected chi connectivity index (χ0v) is 14.6. The molecule has 1 amide bonds. The van der Waals surface area contributed by atoms with Crippen LogP contribution in [-0.2, 0) is 11.5 Å². The van der Waals surface area contributed by atoms with Gasteiger partial charge >= 0.3 is 0 Å². The Balaban J connectivity index is 2.32. The van der Waals surface area contributed by atoms with Crippen LogP contribution in [0.2, 0.25) is 0 Å². The molecule has 1 aromatic rings. The molecule has 2 atom stereocenters. The van der Waals surface area contributed by atoms with Crippen LogP contribution in [0.15, 0.2) is 24.3 Å². The van der Waals surface area contributed by atoms with E-state index < -0.39 is 6.67 Å². The van der Waals surface area contributed by atoms with Crippen LogP contribution in [0.4, 0.5) is 4.39 Å². The standard InChI is InChI=1S/C19H30FNO2/c1-4-5-6-7-8-10-15(2)16(3)19(22)21-23-18-12-9-11-17(13-18)14-20/h9,11-13,15-16H,4-8,10,14H2,1-3H3,(H,21,22). The highest BCUT2D eigenvalue weighted by atomic mass is 19.1. The Kier molecular flexibility index (Phi) is 9.34. The summed E-state index contributed by atoms with van der Waals surface area (Å²) in [5.74, 6) is 0.535. The summed E-state index contributed by atoms with van der Waals surface area (Å²) in [5.41, 5.74) is 3.01. The van der Waals surface area contributed by atoms with Gasteiger partial charge in [-0.1, -0.05) is 65.0 Å². The third-order valence-electron chi connectivity index (χ3n) is 4.35. The number of hydroxylamine groups is 1. The number of amides is 1. The Morgan fingerprint density at radius 2 is 1.96 bits per heavy atom. The van der Waals surface area contributed by atoms with Gasteiger partial charge in [0.15, 0.2) is 5.75 Å². The van der Waals surface area contributed by atoms with Crippen LogP contribution in [0, 0.1) is 11.8 Å². The number of hydrogen-bond acceptors (Lipinski definition) is 2. The fraction of sp³-hybridized carbons (Fsp3) is 0.632. The van der Waals surface area contributed by atoms with Crippen molar-refractivity contribution in [1.29, 1.82) is 0 Å². The van der Waals surface area contributed by atoms with Gasteiger partial charge in [-0.25, -0.2) is 4.39 Å². The minimum atomic E-state index is -0.545. The molecular formula is C19H30FNO2. The third-order valence-corrected chi connectivity index (χ3v) is 4.35. The van der Waals surface area contributed by atoms with E-state index in [4.69, 9.17) is 4.84 Å². The van der Waals surface area contributed by atoms with Crippen LogP contribution in [0.1, 0.15) is 64.9 Å². The number of benzene rings is 1. The average Bonchev–Trinajstić information content (AvgIpc) is 2.58. The van der Waals surface area contributed by atoms with E-state index in [0.717, 1.165) is 12.8 Å².